The molecule has 14 heavy (non-hydrogen) atoms. The molecule has 1 saturated heterocycles. The third-order valence-corrected chi connectivity index (χ3v) is 2.79. The Balaban J connectivity index is 1.86. The van der Waals surface area contributed by atoms with Gasteiger partial charge in [0, 0.05) is 25.2 Å². The van der Waals surface area contributed by atoms with Crippen molar-refractivity contribution in [1.29, 1.82) is 0 Å². The zero-order valence-electron chi connectivity index (χ0n) is 8.57. The van der Waals surface area contributed by atoms with Crippen molar-refractivity contribution in [1.82, 2.24) is 15.4 Å². The molecule has 1 aromatic rings. The van der Waals surface area contributed by atoms with Crippen molar-refractivity contribution >= 4 is 0 Å². The Morgan fingerprint density at radius 2 is 2.64 bits per heavy atom. The van der Waals surface area contributed by atoms with Crippen molar-refractivity contribution in [2.75, 3.05) is 20.1 Å². The molecule has 78 valence electrons. The van der Waals surface area contributed by atoms with Gasteiger partial charge < -0.3 is 9.84 Å². The molecule has 4 nitrogen and oxygen atoms in total. The van der Waals surface area contributed by atoms with Crippen LogP contribution in [-0.4, -0.2) is 36.2 Å². The van der Waals surface area contributed by atoms with Crippen LogP contribution in [0.4, 0.5) is 0 Å². The van der Waals surface area contributed by atoms with Gasteiger partial charge in [-0.3, -0.25) is 4.90 Å². The normalized spacial score (nSPS) is 23.9. The lowest BCUT2D eigenvalue weighted by Crippen LogP contribution is -2.43. The average Bonchev–Trinajstić information content (AvgIpc) is 2.71. The minimum atomic E-state index is 0.635. The van der Waals surface area contributed by atoms with Crippen LogP contribution in [0.1, 0.15) is 18.5 Å². The summed E-state index contributed by atoms with van der Waals surface area (Å²) in [6.45, 7) is 3.20. The van der Waals surface area contributed by atoms with Gasteiger partial charge in [-0.1, -0.05) is 5.16 Å². The third-order valence-electron chi connectivity index (χ3n) is 2.79. The van der Waals surface area contributed by atoms with E-state index in [9.17, 15) is 0 Å². The molecule has 0 saturated carbocycles. The lowest BCUT2D eigenvalue weighted by molar-refractivity contribution is 0.183. The average molecular weight is 195 g/mol. The zero-order chi connectivity index (χ0) is 9.80. The molecule has 1 aromatic heterocycles. The summed E-state index contributed by atoms with van der Waals surface area (Å²) in [5, 5.41) is 7.25. The van der Waals surface area contributed by atoms with E-state index in [1.54, 1.807) is 6.26 Å². The van der Waals surface area contributed by atoms with Gasteiger partial charge in [0.05, 0.1) is 5.69 Å². The summed E-state index contributed by atoms with van der Waals surface area (Å²) in [6, 6.07) is 2.57. The molecule has 2 rings (SSSR count). The van der Waals surface area contributed by atoms with E-state index in [1.165, 1.54) is 19.4 Å². The van der Waals surface area contributed by atoms with Crippen LogP contribution in [0.15, 0.2) is 16.9 Å². The van der Waals surface area contributed by atoms with Gasteiger partial charge in [0.2, 0.25) is 0 Å². The number of likely N-dealkylation sites (tertiary alicyclic amines) is 1. The van der Waals surface area contributed by atoms with Crippen LogP contribution in [0.5, 0.6) is 0 Å². The first-order valence-corrected chi connectivity index (χ1v) is 5.17. The topological polar surface area (TPSA) is 41.3 Å². The Labute approximate surface area is 84.3 Å². The van der Waals surface area contributed by atoms with E-state index < -0.39 is 0 Å². The number of rotatable bonds is 3. The Hall–Kier alpha value is -0.870. The van der Waals surface area contributed by atoms with E-state index in [2.05, 4.69) is 15.4 Å². The van der Waals surface area contributed by atoms with Crippen molar-refractivity contribution < 1.29 is 4.52 Å². The van der Waals surface area contributed by atoms with Gasteiger partial charge in [0.25, 0.3) is 0 Å². The van der Waals surface area contributed by atoms with Crippen LogP contribution in [0.25, 0.3) is 0 Å². The minimum absolute atomic E-state index is 0.635. The summed E-state index contributed by atoms with van der Waals surface area (Å²) >= 11 is 0. The quantitative estimate of drug-likeness (QED) is 0.776. The fraction of sp³-hybridized carbons (Fsp3) is 0.700. The summed E-state index contributed by atoms with van der Waals surface area (Å²) in [6.07, 6.45) is 4.18. The Morgan fingerprint density at radius 1 is 1.71 bits per heavy atom. The summed E-state index contributed by atoms with van der Waals surface area (Å²) in [4.78, 5) is 2.42. The maximum absolute atomic E-state index is 4.82. The summed E-state index contributed by atoms with van der Waals surface area (Å²) in [7, 11) is 2.03. The summed E-state index contributed by atoms with van der Waals surface area (Å²) in [5.74, 6) is 0. The summed E-state index contributed by atoms with van der Waals surface area (Å²) in [5.41, 5.74) is 1.03. The highest BCUT2D eigenvalue weighted by molar-refractivity contribution is 4.95. The first-order chi connectivity index (χ1) is 6.88. The first-order valence-electron chi connectivity index (χ1n) is 5.17. The van der Waals surface area contributed by atoms with E-state index in [0.717, 1.165) is 18.8 Å². The van der Waals surface area contributed by atoms with Crippen LogP contribution in [0.2, 0.25) is 0 Å². The van der Waals surface area contributed by atoms with Gasteiger partial charge in [0.1, 0.15) is 6.26 Å². The van der Waals surface area contributed by atoms with Gasteiger partial charge in [-0.05, 0) is 26.4 Å². The molecule has 0 aromatic carbocycles. The van der Waals surface area contributed by atoms with Crippen LogP contribution in [0, 0.1) is 0 Å². The van der Waals surface area contributed by atoms with Crippen molar-refractivity contribution in [3.8, 4) is 0 Å². The predicted octanol–water partition coefficient (Wildman–Crippen LogP) is 0.858. The van der Waals surface area contributed by atoms with Crippen molar-refractivity contribution in [2.45, 2.75) is 25.4 Å². The fourth-order valence-corrected chi connectivity index (χ4v) is 1.98. The SMILES string of the molecule is CN[C@H]1CCCN(Cc2ccon2)C1. The number of hydrogen-bond donors (Lipinski definition) is 1. The highest BCUT2D eigenvalue weighted by Crippen LogP contribution is 2.12. The van der Waals surface area contributed by atoms with Crippen LogP contribution in [0.3, 0.4) is 0 Å². The Kier molecular flexibility index (Phi) is 3.16. The lowest BCUT2D eigenvalue weighted by atomic mass is 10.1. The number of piperidine rings is 1. The summed E-state index contributed by atoms with van der Waals surface area (Å²) < 4.78 is 4.82. The maximum Gasteiger partial charge on any atom is 0.124 e. The molecule has 0 amide bonds. The van der Waals surface area contributed by atoms with Crippen LogP contribution < -0.4 is 5.32 Å². The van der Waals surface area contributed by atoms with Gasteiger partial charge in [-0.15, -0.1) is 0 Å². The minimum Gasteiger partial charge on any atom is -0.364 e. The molecular weight excluding hydrogens is 178 g/mol. The molecule has 1 aliphatic rings. The van der Waals surface area contributed by atoms with E-state index >= 15 is 0 Å². The molecule has 1 fully saturated rings. The van der Waals surface area contributed by atoms with E-state index in [4.69, 9.17) is 4.52 Å². The number of aromatic nitrogens is 1. The van der Waals surface area contributed by atoms with Crippen molar-refractivity contribution in [3.63, 3.8) is 0 Å². The highest BCUT2D eigenvalue weighted by Gasteiger charge is 2.18. The monoisotopic (exact) mass is 195 g/mol. The molecule has 1 atom stereocenters. The second-order valence-corrected chi connectivity index (χ2v) is 3.85. The largest absolute Gasteiger partial charge is 0.364 e. The molecule has 0 unspecified atom stereocenters. The van der Waals surface area contributed by atoms with Gasteiger partial charge in [0.15, 0.2) is 0 Å². The van der Waals surface area contributed by atoms with Gasteiger partial charge >= 0.3 is 0 Å². The number of nitrogens with zero attached hydrogens (tertiary/aromatic N) is 2. The molecule has 0 aliphatic carbocycles. The second-order valence-electron chi connectivity index (χ2n) is 3.85. The van der Waals surface area contributed by atoms with Gasteiger partial charge in [-0.25, -0.2) is 0 Å². The van der Waals surface area contributed by atoms with Crippen LogP contribution >= 0.6 is 0 Å². The number of likely N-dealkylation sites (N-methyl/N-ethyl adjacent to an activating group) is 1. The number of nitrogens with one attached hydrogen (secondary N) is 1. The van der Waals surface area contributed by atoms with E-state index in [1.807, 2.05) is 13.1 Å². The molecular formula is C10H17N3O. The fourth-order valence-electron chi connectivity index (χ4n) is 1.98. The van der Waals surface area contributed by atoms with Crippen LogP contribution in [-0.2, 0) is 6.54 Å². The van der Waals surface area contributed by atoms with Crippen molar-refractivity contribution in [2.24, 2.45) is 0 Å². The van der Waals surface area contributed by atoms with E-state index in [0.29, 0.717) is 6.04 Å². The second kappa shape index (κ2) is 4.57. The highest BCUT2D eigenvalue weighted by atomic mass is 16.5. The molecule has 2 heterocycles. The van der Waals surface area contributed by atoms with Crippen molar-refractivity contribution in [3.05, 3.63) is 18.0 Å². The Bertz CT molecular complexity index is 260. The Morgan fingerprint density at radius 3 is 3.36 bits per heavy atom. The molecule has 0 radical (unpaired) electrons. The maximum atomic E-state index is 4.82. The molecule has 1 N–H and O–H groups in total. The molecule has 1 aliphatic heterocycles. The number of hydrogen-bond acceptors (Lipinski definition) is 4. The molecule has 0 bridgehead atoms. The molecule has 0 spiro atoms. The molecule has 4 heteroatoms. The predicted molar refractivity (Wildman–Crippen MR) is 53.9 cm³/mol. The zero-order valence-corrected chi connectivity index (χ0v) is 8.57. The van der Waals surface area contributed by atoms with E-state index in [-0.39, 0.29) is 0 Å². The third kappa shape index (κ3) is 2.33. The van der Waals surface area contributed by atoms with Gasteiger partial charge in [-0.2, -0.15) is 0 Å². The first kappa shape index (κ1) is 9.68. The standard InChI is InChI=1S/C10H17N3O/c1-11-9-3-2-5-13(7-9)8-10-4-6-14-12-10/h4,6,9,11H,2-3,5,7-8H2,1H3/t9-/m0/s1. The smallest absolute Gasteiger partial charge is 0.124 e. The lowest BCUT2D eigenvalue weighted by Gasteiger charge is -2.31.